The molecule has 2 aliphatic carbocycles. The van der Waals surface area contributed by atoms with Crippen molar-refractivity contribution in [1.29, 1.82) is 0 Å². The summed E-state index contributed by atoms with van der Waals surface area (Å²) in [7, 11) is 0. The summed E-state index contributed by atoms with van der Waals surface area (Å²) in [6.07, 6.45) is 11.7. The third-order valence-corrected chi connectivity index (χ3v) is 5.37. The van der Waals surface area contributed by atoms with Gasteiger partial charge in [-0.2, -0.15) is 0 Å². The molecule has 3 atom stereocenters. The Labute approximate surface area is 108 Å². The normalized spacial score (nSPS) is 34.8. The SMILES string of the molecule is CCNC(C1CCCC(C)C1)C1(C)CCCC1. The first-order valence-electron chi connectivity index (χ1n) is 7.89. The average molecular weight is 237 g/mol. The van der Waals surface area contributed by atoms with Crippen LogP contribution in [0.3, 0.4) is 0 Å². The van der Waals surface area contributed by atoms with E-state index in [-0.39, 0.29) is 0 Å². The van der Waals surface area contributed by atoms with Crippen molar-refractivity contribution >= 4 is 0 Å². The quantitative estimate of drug-likeness (QED) is 0.765. The highest BCUT2D eigenvalue weighted by Crippen LogP contribution is 2.46. The zero-order valence-electron chi connectivity index (χ0n) is 12.1. The molecule has 2 rings (SSSR count). The highest BCUT2D eigenvalue weighted by atomic mass is 14.9. The zero-order chi connectivity index (χ0) is 12.3. The van der Waals surface area contributed by atoms with Crippen LogP contribution >= 0.6 is 0 Å². The van der Waals surface area contributed by atoms with Gasteiger partial charge in [-0.05, 0) is 49.5 Å². The summed E-state index contributed by atoms with van der Waals surface area (Å²) in [6, 6.07) is 0.790. The van der Waals surface area contributed by atoms with Gasteiger partial charge < -0.3 is 5.32 Å². The molecular formula is C16H31N. The van der Waals surface area contributed by atoms with Crippen LogP contribution in [0, 0.1) is 17.3 Å². The maximum atomic E-state index is 3.86. The molecule has 1 nitrogen and oxygen atoms in total. The second-order valence-corrected chi connectivity index (χ2v) is 6.93. The Morgan fingerprint density at radius 1 is 1.18 bits per heavy atom. The summed E-state index contributed by atoms with van der Waals surface area (Å²) < 4.78 is 0. The van der Waals surface area contributed by atoms with E-state index in [1.807, 2.05) is 0 Å². The molecule has 2 fully saturated rings. The van der Waals surface area contributed by atoms with Crippen LogP contribution in [0.4, 0.5) is 0 Å². The minimum atomic E-state index is 0.595. The Hall–Kier alpha value is -0.0400. The van der Waals surface area contributed by atoms with Crippen molar-refractivity contribution in [2.45, 2.75) is 78.2 Å². The van der Waals surface area contributed by atoms with E-state index in [1.165, 1.54) is 51.4 Å². The highest BCUT2D eigenvalue weighted by molar-refractivity contribution is 4.96. The molecule has 17 heavy (non-hydrogen) atoms. The topological polar surface area (TPSA) is 12.0 Å². The lowest BCUT2D eigenvalue weighted by molar-refractivity contribution is 0.116. The van der Waals surface area contributed by atoms with E-state index in [4.69, 9.17) is 0 Å². The third-order valence-electron chi connectivity index (χ3n) is 5.37. The fourth-order valence-electron chi connectivity index (χ4n) is 4.48. The molecule has 2 saturated carbocycles. The van der Waals surface area contributed by atoms with Crippen molar-refractivity contribution in [3.63, 3.8) is 0 Å². The van der Waals surface area contributed by atoms with Crippen LogP contribution in [0.1, 0.15) is 72.1 Å². The van der Waals surface area contributed by atoms with Crippen LogP contribution in [0.15, 0.2) is 0 Å². The molecule has 1 heteroatoms. The van der Waals surface area contributed by atoms with Crippen LogP contribution < -0.4 is 5.32 Å². The molecule has 0 heterocycles. The molecule has 3 unspecified atom stereocenters. The summed E-state index contributed by atoms with van der Waals surface area (Å²) in [5.74, 6) is 1.90. The maximum absolute atomic E-state index is 3.86. The number of nitrogens with one attached hydrogen (secondary N) is 1. The van der Waals surface area contributed by atoms with Gasteiger partial charge in [0.05, 0.1) is 0 Å². The van der Waals surface area contributed by atoms with Crippen molar-refractivity contribution in [2.75, 3.05) is 6.54 Å². The number of hydrogen-bond donors (Lipinski definition) is 1. The second kappa shape index (κ2) is 5.73. The maximum Gasteiger partial charge on any atom is 0.0149 e. The molecule has 0 radical (unpaired) electrons. The Bertz CT molecular complexity index is 230. The van der Waals surface area contributed by atoms with Gasteiger partial charge in [-0.1, -0.05) is 46.5 Å². The van der Waals surface area contributed by atoms with Crippen LogP contribution in [0.2, 0.25) is 0 Å². The van der Waals surface area contributed by atoms with Crippen molar-refractivity contribution in [3.8, 4) is 0 Å². The third kappa shape index (κ3) is 3.05. The molecule has 2 aliphatic rings. The average Bonchev–Trinajstić information content (AvgIpc) is 2.74. The summed E-state index contributed by atoms with van der Waals surface area (Å²) in [5, 5.41) is 3.86. The summed E-state index contributed by atoms with van der Waals surface area (Å²) in [4.78, 5) is 0. The van der Waals surface area contributed by atoms with Gasteiger partial charge in [0.25, 0.3) is 0 Å². The minimum Gasteiger partial charge on any atom is -0.313 e. The largest absolute Gasteiger partial charge is 0.313 e. The lowest BCUT2D eigenvalue weighted by Gasteiger charge is -2.43. The van der Waals surface area contributed by atoms with E-state index in [1.54, 1.807) is 0 Å². The van der Waals surface area contributed by atoms with E-state index in [2.05, 4.69) is 26.1 Å². The molecule has 0 saturated heterocycles. The van der Waals surface area contributed by atoms with E-state index >= 15 is 0 Å². The van der Waals surface area contributed by atoms with Gasteiger partial charge in [0.2, 0.25) is 0 Å². The lowest BCUT2D eigenvalue weighted by Crippen LogP contribution is -2.48. The standard InChI is InChI=1S/C16H31N/c1-4-17-15(16(3)10-5-6-11-16)14-9-7-8-13(2)12-14/h13-15,17H,4-12H2,1-3H3. The first-order chi connectivity index (χ1) is 8.15. The Morgan fingerprint density at radius 2 is 1.88 bits per heavy atom. The Morgan fingerprint density at radius 3 is 2.47 bits per heavy atom. The van der Waals surface area contributed by atoms with Gasteiger partial charge in [0.1, 0.15) is 0 Å². The highest BCUT2D eigenvalue weighted by Gasteiger charge is 2.41. The Balaban J connectivity index is 2.04. The molecule has 0 spiro atoms. The second-order valence-electron chi connectivity index (χ2n) is 6.93. The van der Waals surface area contributed by atoms with Crippen molar-refractivity contribution in [1.82, 2.24) is 5.32 Å². The molecule has 0 aliphatic heterocycles. The number of hydrogen-bond acceptors (Lipinski definition) is 1. The first-order valence-corrected chi connectivity index (χ1v) is 7.89. The van der Waals surface area contributed by atoms with Crippen LogP contribution in [-0.4, -0.2) is 12.6 Å². The lowest BCUT2D eigenvalue weighted by atomic mass is 9.68. The molecule has 0 aromatic rings. The predicted octanol–water partition coefficient (Wildman–Crippen LogP) is 4.37. The molecule has 0 aromatic heterocycles. The van der Waals surface area contributed by atoms with Gasteiger partial charge >= 0.3 is 0 Å². The van der Waals surface area contributed by atoms with Gasteiger partial charge in [-0.3, -0.25) is 0 Å². The Kier molecular flexibility index (Phi) is 4.52. The first kappa shape index (κ1) is 13.4. The van der Waals surface area contributed by atoms with Gasteiger partial charge in [0.15, 0.2) is 0 Å². The minimum absolute atomic E-state index is 0.595. The van der Waals surface area contributed by atoms with E-state index in [0.717, 1.165) is 24.4 Å². The van der Waals surface area contributed by atoms with Crippen molar-refractivity contribution in [2.24, 2.45) is 17.3 Å². The molecular weight excluding hydrogens is 206 g/mol. The predicted molar refractivity (Wildman–Crippen MR) is 75.2 cm³/mol. The summed E-state index contributed by atoms with van der Waals surface area (Å²) >= 11 is 0. The van der Waals surface area contributed by atoms with Gasteiger partial charge in [-0.15, -0.1) is 0 Å². The fourth-order valence-corrected chi connectivity index (χ4v) is 4.48. The monoisotopic (exact) mass is 237 g/mol. The molecule has 1 N–H and O–H groups in total. The van der Waals surface area contributed by atoms with E-state index < -0.39 is 0 Å². The molecule has 0 aromatic carbocycles. The molecule has 0 amide bonds. The number of rotatable bonds is 4. The van der Waals surface area contributed by atoms with Crippen molar-refractivity contribution < 1.29 is 0 Å². The summed E-state index contributed by atoms with van der Waals surface area (Å²) in [5.41, 5.74) is 0.595. The summed E-state index contributed by atoms with van der Waals surface area (Å²) in [6.45, 7) is 8.42. The van der Waals surface area contributed by atoms with Gasteiger partial charge in [-0.25, -0.2) is 0 Å². The van der Waals surface area contributed by atoms with Crippen LogP contribution in [-0.2, 0) is 0 Å². The van der Waals surface area contributed by atoms with Crippen LogP contribution in [0.25, 0.3) is 0 Å². The van der Waals surface area contributed by atoms with Crippen LogP contribution in [0.5, 0.6) is 0 Å². The van der Waals surface area contributed by atoms with E-state index in [9.17, 15) is 0 Å². The van der Waals surface area contributed by atoms with Crippen molar-refractivity contribution in [3.05, 3.63) is 0 Å². The smallest absolute Gasteiger partial charge is 0.0149 e. The van der Waals surface area contributed by atoms with E-state index in [0.29, 0.717) is 5.41 Å². The molecule has 100 valence electrons. The molecule has 0 bridgehead atoms. The zero-order valence-corrected chi connectivity index (χ0v) is 12.1. The fraction of sp³-hybridized carbons (Fsp3) is 1.00. The van der Waals surface area contributed by atoms with Gasteiger partial charge in [0, 0.05) is 6.04 Å².